The molecule has 5 heteroatoms. The summed E-state index contributed by atoms with van der Waals surface area (Å²) in [7, 11) is 1.57. The van der Waals surface area contributed by atoms with Crippen LogP contribution >= 0.6 is 10.7 Å². The number of carbonyl (C=O) groups is 1. The number of halogens is 1. The Morgan fingerprint density at radius 1 is 1.27 bits per heavy atom. The lowest BCUT2D eigenvalue weighted by Crippen LogP contribution is -1.99. The summed E-state index contributed by atoms with van der Waals surface area (Å²) in [6.07, 6.45) is 2.22. The second-order valence-electron chi connectivity index (χ2n) is 3.67. The first-order valence-corrected chi connectivity index (χ1v) is 6.83. The number of hydrogen-bond acceptors (Lipinski definition) is 3. The van der Waals surface area contributed by atoms with Crippen LogP contribution in [0.15, 0.2) is 23.1 Å². The van der Waals surface area contributed by atoms with Gasteiger partial charge in [0.05, 0.1) is 4.90 Å². The molecule has 0 aliphatic heterocycles. The first-order valence-electron chi connectivity index (χ1n) is 4.52. The van der Waals surface area contributed by atoms with E-state index in [1.54, 1.807) is 12.1 Å². The van der Waals surface area contributed by atoms with Crippen LogP contribution in [0, 0.1) is 5.92 Å². The molecule has 0 bridgehead atoms. The van der Waals surface area contributed by atoms with Crippen molar-refractivity contribution in [2.45, 2.75) is 17.7 Å². The van der Waals surface area contributed by atoms with E-state index < -0.39 is 9.05 Å². The van der Waals surface area contributed by atoms with Crippen molar-refractivity contribution in [3.05, 3.63) is 29.3 Å². The number of benzene rings is 1. The molecule has 0 saturated carbocycles. The zero-order valence-corrected chi connectivity index (χ0v) is 9.38. The van der Waals surface area contributed by atoms with Gasteiger partial charge in [-0.2, -0.15) is 0 Å². The normalized spacial score (nSPS) is 19.9. The maximum Gasteiger partial charge on any atom is 0.261 e. The molecule has 0 heterocycles. The van der Waals surface area contributed by atoms with Gasteiger partial charge in [-0.05, 0) is 36.1 Å². The van der Waals surface area contributed by atoms with Crippen molar-refractivity contribution in [3.8, 4) is 0 Å². The van der Waals surface area contributed by atoms with E-state index in [9.17, 15) is 13.2 Å². The SMILES string of the molecule is O=CC1Cc2ccc(S(=O)(=O)Cl)cc2C1. The predicted molar refractivity (Wildman–Crippen MR) is 56.4 cm³/mol. The molecule has 3 nitrogen and oxygen atoms in total. The molecule has 1 atom stereocenters. The quantitative estimate of drug-likeness (QED) is 0.586. The molecule has 0 aromatic heterocycles. The second kappa shape index (κ2) is 3.61. The van der Waals surface area contributed by atoms with Crippen molar-refractivity contribution >= 4 is 26.0 Å². The Morgan fingerprint density at radius 2 is 1.93 bits per heavy atom. The average molecular weight is 245 g/mol. The largest absolute Gasteiger partial charge is 0.303 e. The molecule has 15 heavy (non-hydrogen) atoms. The lowest BCUT2D eigenvalue weighted by atomic mass is 10.1. The van der Waals surface area contributed by atoms with Crippen LogP contribution in [-0.4, -0.2) is 14.7 Å². The molecular formula is C10H9ClO3S. The van der Waals surface area contributed by atoms with Crippen LogP contribution in [0.2, 0.25) is 0 Å². The molecular weight excluding hydrogens is 236 g/mol. The zero-order chi connectivity index (χ0) is 11.1. The number of rotatable bonds is 2. The second-order valence-corrected chi connectivity index (χ2v) is 6.24. The van der Waals surface area contributed by atoms with Gasteiger partial charge in [0.25, 0.3) is 9.05 Å². The van der Waals surface area contributed by atoms with Gasteiger partial charge in [0, 0.05) is 16.6 Å². The van der Waals surface area contributed by atoms with Crippen LogP contribution in [0.5, 0.6) is 0 Å². The van der Waals surface area contributed by atoms with Crippen LogP contribution in [0.1, 0.15) is 11.1 Å². The highest BCUT2D eigenvalue weighted by molar-refractivity contribution is 8.13. The van der Waals surface area contributed by atoms with Gasteiger partial charge in [0.15, 0.2) is 0 Å². The van der Waals surface area contributed by atoms with Crippen LogP contribution in [0.3, 0.4) is 0 Å². The van der Waals surface area contributed by atoms with Gasteiger partial charge >= 0.3 is 0 Å². The van der Waals surface area contributed by atoms with E-state index >= 15 is 0 Å². The predicted octanol–water partition coefficient (Wildman–Crippen LogP) is 1.53. The molecule has 1 aliphatic carbocycles. The fourth-order valence-electron chi connectivity index (χ4n) is 1.88. The fraction of sp³-hybridized carbons (Fsp3) is 0.300. The first-order chi connectivity index (χ1) is 7.00. The van der Waals surface area contributed by atoms with E-state index in [1.165, 1.54) is 6.07 Å². The minimum absolute atomic E-state index is 0.0201. The van der Waals surface area contributed by atoms with Gasteiger partial charge < -0.3 is 4.79 Å². The Kier molecular flexibility index (Phi) is 2.56. The molecule has 1 unspecified atom stereocenters. The monoisotopic (exact) mass is 244 g/mol. The van der Waals surface area contributed by atoms with Crippen molar-refractivity contribution in [2.75, 3.05) is 0 Å². The summed E-state index contributed by atoms with van der Waals surface area (Å²) < 4.78 is 22.2. The highest BCUT2D eigenvalue weighted by Crippen LogP contribution is 2.28. The minimum atomic E-state index is -3.66. The van der Waals surface area contributed by atoms with Crippen LogP contribution in [0.4, 0.5) is 0 Å². The van der Waals surface area contributed by atoms with Crippen LogP contribution < -0.4 is 0 Å². The Balaban J connectivity index is 2.43. The van der Waals surface area contributed by atoms with Crippen molar-refractivity contribution in [1.29, 1.82) is 0 Å². The van der Waals surface area contributed by atoms with Gasteiger partial charge in [-0.15, -0.1) is 0 Å². The Hall–Kier alpha value is -0.870. The Bertz CT molecular complexity index is 507. The highest BCUT2D eigenvalue weighted by atomic mass is 35.7. The maximum absolute atomic E-state index is 11.1. The van der Waals surface area contributed by atoms with Crippen LogP contribution in [-0.2, 0) is 26.7 Å². The first kappa shape index (κ1) is 10.6. The Labute approximate surface area is 92.5 Å². The molecule has 0 spiro atoms. The van der Waals surface area contributed by atoms with Crippen molar-refractivity contribution in [2.24, 2.45) is 5.92 Å². The topological polar surface area (TPSA) is 51.2 Å². The standard InChI is InChI=1S/C10H9ClO3S/c11-15(13,14)10-2-1-8-3-7(6-12)4-9(8)5-10/h1-2,5-7H,3-4H2. The smallest absolute Gasteiger partial charge is 0.261 e. The van der Waals surface area contributed by atoms with Crippen molar-refractivity contribution in [3.63, 3.8) is 0 Å². The fourth-order valence-corrected chi connectivity index (χ4v) is 2.68. The van der Waals surface area contributed by atoms with E-state index in [0.29, 0.717) is 12.8 Å². The summed E-state index contributed by atoms with van der Waals surface area (Å²) in [6.45, 7) is 0. The van der Waals surface area contributed by atoms with Gasteiger partial charge in [0.2, 0.25) is 0 Å². The molecule has 1 aliphatic rings. The van der Waals surface area contributed by atoms with Gasteiger partial charge in [-0.25, -0.2) is 8.42 Å². The molecule has 80 valence electrons. The number of hydrogen-bond donors (Lipinski definition) is 0. The summed E-state index contributed by atoms with van der Waals surface area (Å²) >= 11 is 0. The minimum Gasteiger partial charge on any atom is -0.303 e. The van der Waals surface area contributed by atoms with Gasteiger partial charge in [0.1, 0.15) is 6.29 Å². The summed E-state index contributed by atoms with van der Waals surface area (Å²) in [6, 6.07) is 4.77. The summed E-state index contributed by atoms with van der Waals surface area (Å²) in [5.74, 6) is -0.0201. The summed E-state index contributed by atoms with van der Waals surface area (Å²) in [5, 5.41) is 0. The third-order valence-corrected chi connectivity index (χ3v) is 3.97. The lowest BCUT2D eigenvalue weighted by molar-refractivity contribution is -0.110. The van der Waals surface area contributed by atoms with Crippen LogP contribution in [0.25, 0.3) is 0 Å². The van der Waals surface area contributed by atoms with Crippen molar-refractivity contribution < 1.29 is 13.2 Å². The summed E-state index contributed by atoms with van der Waals surface area (Å²) in [4.78, 5) is 10.7. The number of carbonyl (C=O) groups excluding carboxylic acids is 1. The molecule has 0 saturated heterocycles. The van der Waals surface area contributed by atoms with E-state index in [0.717, 1.165) is 17.4 Å². The lowest BCUT2D eigenvalue weighted by Gasteiger charge is -2.00. The zero-order valence-electron chi connectivity index (χ0n) is 7.81. The van der Waals surface area contributed by atoms with E-state index in [1.807, 2.05) is 0 Å². The molecule has 0 radical (unpaired) electrons. The number of aldehydes is 1. The molecule has 1 aromatic rings. The Morgan fingerprint density at radius 3 is 2.53 bits per heavy atom. The highest BCUT2D eigenvalue weighted by Gasteiger charge is 2.22. The van der Waals surface area contributed by atoms with E-state index in [4.69, 9.17) is 10.7 Å². The third kappa shape index (κ3) is 2.06. The molecule has 1 aromatic carbocycles. The van der Waals surface area contributed by atoms with Crippen molar-refractivity contribution in [1.82, 2.24) is 0 Å². The molecule has 0 amide bonds. The molecule has 0 N–H and O–H groups in total. The number of fused-ring (bicyclic) bond motifs is 1. The third-order valence-electron chi connectivity index (χ3n) is 2.62. The molecule has 2 rings (SSSR count). The average Bonchev–Trinajstić information content (AvgIpc) is 2.57. The van der Waals surface area contributed by atoms with E-state index in [-0.39, 0.29) is 10.8 Å². The van der Waals surface area contributed by atoms with E-state index in [2.05, 4.69) is 0 Å². The van der Waals surface area contributed by atoms with Gasteiger partial charge in [-0.3, -0.25) is 0 Å². The summed E-state index contributed by atoms with van der Waals surface area (Å²) in [5.41, 5.74) is 1.95. The van der Waals surface area contributed by atoms with Gasteiger partial charge in [-0.1, -0.05) is 6.07 Å². The maximum atomic E-state index is 11.1. The molecule has 0 fully saturated rings.